The van der Waals surface area contributed by atoms with E-state index in [9.17, 15) is 14.9 Å². The van der Waals surface area contributed by atoms with E-state index in [1.54, 1.807) is 17.0 Å². The normalized spacial score (nSPS) is 15.4. The number of nitrogens with two attached hydrogens (primary N) is 1. The number of halogens is 1. The first kappa shape index (κ1) is 21.7. The highest BCUT2D eigenvalue weighted by Crippen LogP contribution is 2.30. The van der Waals surface area contributed by atoms with Crippen molar-refractivity contribution in [2.75, 3.05) is 18.4 Å². The average Bonchev–Trinajstić information content (AvgIpc) is 2.68. The average molecular weight is 405 g/mol. The first-order chi connectivity index (χ1) is 13.0. The minimum atomic E-state index is -0.468. The van der Waals surface area contributed by atoms with Crippen LogP contribution in [0.25, 0.3) is 0 Å². The molecule has 150 valence electrons. The Morgan fingerprint density at radius 1 is 1.21 bits per heavy atom. The molecule has 1 unspecified atom stereocenters. The second-order valence-electron chi connectivity index (χ2n) is 6.97. The molecule has 1 heterocycles. The minimum Gasteiger partial charge on any atom is -0.350 e. The summed E-state index contributed by atoms with van der Waals surface area (Å²) in [5.74, 6) is 0.244. The van der Waals surface area contributed by atoms with E-state index < -0.39 is 4.92 Å². The van der Waals surface area contributed by atoms with Gasteiger partial charge in [0.05, 0.1) is 4.92 Å². The second-order valence-corrected chi connectivity index (χ2v) is 6.97. The number of carbonyl (C=O) groups is 1. The summed E-state index contributed by atoms with van der Waals surface area (Å²) in [6, 6.07) is 13.9. The molecule has 0 spiro atoms. The summed E-state index contributed by atoms with van der Waals surface area (Å²) < 4.78 is 0. The molecule has 2 aromatic carbocycles. The quantitative estimate of drug-likeness (QED) is 0.580. The fraction of sp³-hybridized carbons (Fsp3) is 0.350. The van der Waals surface area contributed by atoms with Crippen molar-refractivity contribution in [3.05, 3.63) is 64.2 Å². The third-order valence-electron chi connectivity index (χ3n) is 5.06. The van der Waals surface area contributed by atoms with Gasteiger partial charge < -0.3 is 16.0 Å². The molecular formula is C20H25ClN4O3. The van der Waals surface area contributed by atoms with E-state index in [0.717, 1.165) is 18.5 Å². The highest BCUT2D eigenvalue weighted by Gasteiger charge is 2.27. The van der Waals surface area contributed by atoms with Gasteiger partial charge in [-0.25, -0.2) is 0 Å². The van der Waals surface area contributed by atoms with E-state index in [0.29, 0.717) is 30.3 Å². The van der Waals surface area contributed by atoms with Crippen LogP contribution >= 0.6 is 12.4 Å². The van der Waals surface area contributed by atoms with Crippen LogP contribution in [0.2, 0.25) is 0 Å². The summed E-state index contributed by atoms with van der Waals surface area (Å²) in [6.07, 6.45) is 1.72. The zero-order valence-corrected chi connectivity index (χ0v) is 16.5. The van der Waals surface area contributed by atoms with Gasteiger partial charge in [0.15, 0.2) is 0 Å². The summed E-state index contributed by atoms with van der Waals surface area (Å²) in [4.78, 5) is 25.6. The van der Waals surface area contributed by atoms with Crippen LogP contribution in [-0.4, -0.2) is 34.9 Å². The summed E-state index contributed by atoms with van der Waals surface area (Å²) in [6.45, 7) is 3.25. The van der Waals surface area contributed by atoms with Crippen molar-refractivity contribution in [2.24, 2.45) is 11.7 Å². The number of hydrogen-bond donors (Lipinski definition) is 2. The molecule has 2 aromatic rings. The van der Waals surface area contributed by atoms with Crippen LogP contribution in [0, 0.1) is 16.0 Å². The summed E-state index contributed by atoms with van der Waals surface area (Å²) in [5.41, 5.74) is 7.27. The van der Waals surface area contributed by atoms with Gasteiger partial charge in [-0.15, -0.1) is 12.4 Å². The Balaban J connectivity index is 0.00000280. The van der Waals surface area contributed by atoms with Gasteiger partial charge in [0.2, 0.25) is 0 Å². The van der Waals surface area contributed by atoms with Crippen molar-refractivity contribution in [1.82, 2.24) is 4.90 Å². The summed E-state index contributed by atoms with van der Waals surface area (Å²) in [7, 11) is 0. The Labute approximate surface area is 170 Å². The predicted molar refractivity (Wildman–Crippen MR) is 112 cm³/mol. The molecular weight excluding hydrogens is 380 g/mol. The third kappa shape index (κ3) is 4.99. The zero-order valence-electron chi connectivity index (χ0n) is 15.7. The summed E-state index contributed by atoms with van der Waals surface area (Å²) >= 11 is 0. The molecule has 0 saturated carbocycles. The number of nitrogens with zero attached hydrogens (tertiary/aromatic N) is 2. The van der Waals surface area contributed by atoms with Gasteiger partial charge in [-0.1, -0.05) is 18.2 Å². The third-order valence-corrected chi connectivity index (χ3v) is 5.06. The van der Waals surface area contributed by atoms with Gasteiger partial charge in [0.25, 0.3) is 11.6 Å². The molecule has 0 aliphatic carbocycles. The second kappa shape index (κ2) is 9.52. The lowest BCUT2D eigenvalue weighted by atomic mass is 9.90. The maximum Gasteiger partial charge on any atom is 0.293 e. The number of piperidine rings is 1. The molecule has 0 radical (unpaired) electrons. The SMILES string of the molecule is CC(N)C1CCN(C(=O)c2ccc(Nc3ccccc3)c([N+](=O)[O-])c2)CC1.Cl. The maximum atomic E-state index is 12.8. The summed E-state index contributed by atoms with van der Waals surface area (Å²) in [5, 5.41) is 14.5. The van der Waals surface area contributed by atoms with Crippen LogP contribution in [-0.2, 0) is 0 Å². The molecule has 8 heteroatoms. The first-order valence-corrected chi connectivity index (χ1v) is 9.11. The Kier molecular flexibility index (Phi) is 7.37. The van der Waals surface area contributed by atoms with Gasteiger partial charge in [0.1, 0.15) is 5.69 Å². The lowest BCUT2D eigenvalue weighted by Crippen LogP contribution is -2.42. The maximum absolute atomic E-state index is 12.8. The largest absolute Gasteiger partial charge is 0.350 e. The number of hydrogen-bond acceptors (Lipinski definition) is 5. The van der Waals surface area contributed by atoms with E-state index in [4.69, 9.17) is 5.73 Å². The van der Waals surface area contributed by atoms with E-state index in [1.807, 2.05) is 37.3 Å². The Hall–Kier alpha value is -2.64. The number of amides is 1. The number of likely N-dealkylation sites (tertiary alicyclic amines) is 1. The molecule has 3 rings (SSSR count). The lowest BCUT2D eigenvalue weighted by Gasteiger charge is -2.33. The Bertz CT molecular complexity index is 821. The molecule has 28 heavy (non-hydrogen) atoms. The van der Waals surface area contributed by atoms with E-state index >= 15 is 0 Å². The highest BCUT2D eigenvalue weighted by atomic mass is 35.5. The number of nitro groups is 1. The van der Waals surface area contributed by atoms with Gasteiger partial charge in [-0.2, -0.15) is 0 Å². The van der Waals surface area contributed by atoms with Crippen molar-refractivity contribution in [1.29, 1.82) is 0 Å². The van der Waals surface area contributed by atoms with Gasteiger partial charge in [0, 0.05) is 36.4 Å². The van der Waals surface area contributed by atoms with Crippen LogP contribution < -0.4 is 11.1 Å². The molecule has 1 aliphatic heterocycles. The number of nitrogens with one attached hydrogen (secondary N) is 1. The fourth-order valence-electron chi connectivity index (χ4n) is 3.41. The van der Waals surface area contributed by atoms with Crippen molar-refractivity contribution in [2.45, 2.75) is 25.8 Å². The number of rotatable bonds is 5. The van der Waals surface area contributed by atoms with Crippen LogP contribution in [0.5, 0.6) is 0 Å². The zero-order chi connectivity index (χ0) is 19.4. The highest BCUT2D eigenvalue weighted by molar-refractivity contribution is 5.96. The van der Waals surface area contributed by atoms with Crippen molar-refractivity contribution in [3.8, 4) is 0 Å². The van der Waals surface area contributed by atoms with Crippen LogP contribution in [0.4, 0.5) is 17.1 Å². The van der Waals surface area contributed by atoms with Crippen LogP contribution in [0.15, 0.2) is 48.5 Å². The van der Waals surface area contributed by atoms with Crippen LogP contribution in [0.3, 0.4) is 0 Å². The van der Waals surface area contributed by atoms with Crippen LogP contribution in [0.1, 0.15) is 30.1 Å². The van der Waals surface area contributed by atoms with E-state index in [-0.39, 0.29) is 30.0 Å². The number of carbonyl (C=O) groups excluding carboxylic acids is 1. The molecule has 0 bridgehead atoms. The van der Waals surface area contributed by atoms with Gasteiger partial charge in [-0.05, 0) is 49.9 Å². The molecule has 1 atom stereocenters. The van der Waals surface area contributed by atoms with E-state index in [1.165, 1.54) is 6.07 Å². The number of para-hydroxylation sites is 1. The van der Waals surface area contributed by atoms with Gasteiger partial charge in [-0.3, -0.25) is 14.9 Å². The molecule has 1 fully saturated rings. The Morgan fingerprint density at radius 2 is 1.86 bits per heavy atom. The van der Waals surface area contributed by atoms with Crippen molar-refractivity contribution in [3.63, 3.8) is 0 Å². The van der Waals surface area contributed by atoms with Crippen molar-refractivity contribution >= 4 is 35.4 Å². The number of benzene rings is 2. The smallest absolute Gasteiger partial charge is 0.293 e. The first-order valence-electron chi connectivity index (χ1n) is 9.11. The monoisotopic (exact) mass is 404 g/mol. The Morgan fingerprint density at radius 3 is 2.43 bits per heavy atom. The standard InChI is InChI=1S/C20H24N4O3.ClH/c1-14(21)15-9-11-23(12-10-15)20(25)16-7-8-18(19(13-16)24(26)27)22-17-5-3-2-4-6-17;/h2-8,13-15,22H,9-12,21H2,1H3;1H. The number of nitro benzene ring substituents is 1. The molecule has 3 N–H and O–H groups in total. The van der Waals surface area contributed by atoms with E-state index in [2.05, 4.69) is 5.32 Å². The molecule has 1 saturated heterocycles. The molecule has 1 amide bonds. The minimum absolute atomic E-state index is 0. The number of anilines is 2. The molecule has 7 nitrogen and oxygen atoms in total. The molecule has 1 aliphatic rings. The predicted octanol–water partition coefficient (Wildman–Crippen LogP) is 3.96. The lowest BCUT2D eigenvalue weighted by molar-refractivity contribution is -0.383. The van der Waals surface area contributed by atoms with Gasteiger partial charge >= 0.3 is 0 Å². The topological polar surface area (TPSA) is 102 Å². The molecule has 0 aromatic heterocycles. The van der Waals surface area contributed by atoms with Crippen molar-refractivity contribution < 1.29 is 9.72 Å². The fourth-order valence-corrected chi connectivity index (χ4v) is 3.41.